The molecule has 0 atom stereocenters. The van der Waals surface area contributed by atoms with Crippen LogP contribution < -0.4 is 15.2 Å². The van der Waals surface area contributed by atoms with Crippen molar-refractivity contribution in [3.8, 4) is 11.5 Å². The van der Waals surface area contributed by atoms with Gasteiger partial charge in [0.15, 0.2) is 11.5 Å². The smallest absolute Gasteiger partial charge is 0.161 e. The molecular formula is C14H19NO2. The first-order valence-corrected chi connectivity index (χ1v) is 6.12. The molecule has 0 aliphatic heterocycles. The molecule has 2 saturated carbocycles. The standard InChI is InChI=1S/C14H19NO2/c1-16-11-4-3-10(7-12(11)17-2)14(15)8-13(9-14)5-6-13/h3-4,7H,5-6,8-9,15H2,1-2H3. The topological polar surface area (TPSA) is 44.5 Å². The predicted molar refractivity (Wildman–Crippen MR) is 66.3 cm³/mol. The van der Waals surface area contributed by atoms with Crippen LogP contribution in [-0.2, 0) is 5.54 Å². The second-order valence-electron chi connectivity index (χ2n) is 5.58. The van der Waals surface area contributed by atoms with Gasteiger partial charge in [-0.1, -0.05) is 6.07 Å². The molecule has 2 aliphatic carbocycles. The molecule has 3 heteroatoms. The number of hydrogen-bond donors (Lipinski definition) is 1. The molecule has 3 rings (SSSR count). The molecule has 1 aromatic rings. The predicted octanol–water partition coefficient (Wildman–Crippen LogP) is 2.43. The van der Waals surface area contributed by atoms with E-state index < -0.39 is 0 Å². The van der Waals surface area contributed by atoms with Crippen molar-refractivity contribution in [2.24, 2.45) is 11.1 Å². The van der Waals surface area contributed by atoms with E-state index in [9.17, 15) is 0 Å². The Morgan fingerprint density at radius 2 is 1.71 bits per heavy atom. The monoisotopic (exact) mass is 233 g/mol. The van der Waals surface area contributed by atoms with Crippen LogP contribution in [0.2, 0.25) is 0 Å². The van der Waals surface area contributed by atoms with E-state index in [1.807, 2.05) is 12.1 Å². The summed E-state index contributed by atoms with van der Waals surface area (Å²) in [7, 11) is 3.31. The number of nitrogens with two attached hydrogens (primary N) is 1. The van der Waals surface area contributed by atoms with Crippen LogP contribution >= 0.6 is 0 Å². The van der Waals surface area contributed by atoms with Crippen LogP contribution in [0.1, 0.15) is 31.2 Å². The Bertz CT molecular complexity index is 444. The third-order valence-electron chi connectivity index (χ3n) is 4.30. The Balaban J connectivity index is 1.88. The SMILES string of the molecule is COc1ccc(C2(N)CC3(CC3)C2)cc1OC. The van der Waals surface area contributed by atoms with E-state index in [0.717, 1.165) is 24.3 Å². The molecule has 1 spiro atoms. The summed E-state index contributed by atoms with van der Waals surface area (Å²) in [6.45, 7) is 0. The average Bonchev–Trinajstić information content (AvgIpc) is 3.07. The summed E-state index contributed by atoms with van der Waals surface area (Å²) < 4.78 is 10.6. The van der Waals surface area contributed by atoms with E-state index in [2.05, 4.69) is 6.07 Å². The molecule has 92 valence electrons. The first-order chi connectivity index (χ1) is 8.11. The minimum atomic E-state index is -0.143. The highest BCUT2D eigenvalue weighted by molar-refractivity contribution is 5.46. The number of rotatable bonds is 3. The maximum Gasteiger partial charge on any atom is 0.161 e. The van der Waals surface area contributed by atoms with Crippen LogP contribution in [0.5, 0.6) is 11.5 Å². The van der Waals surface area contributed by atoms with Crippen molar-refractivity contribution < 1.29 is 9.47 Å². The molecule has 3 nitrogen and oxygen atoms in total. The summed E-state index contributed by atoms with van der Waals surface area (Å²) in [5, 5.41) is 0. The highest BCUT2D eigenvalue weighted by Gasteiger charge is 2.59. The van der Waals surface area contributed by atoms with Crippen LogP contribution in [0.25, 0.3) is 0 Å². The maximum atomic E-state index is 6.46. The molecule has 2 aliphatic rings. The van der Waals surface area contributed by atoms with Crippen LogP contribution in [0.4, 0.5) is 0 Å². The molecule has 0 aromatic heterocycles. The zero-order valence-corrected chi connectivity index (χ0v) is 10.5. The molecule has 0 heterocycles. The number of ether oxygens (including phenoxy) is 2. The summed E-state index contributed by atoms with van der Waals surface area (Å²) in [5.41, 5.74) is 8.09. The van der Waals surface area contributed by atoms with Crippen molar-refractivity contribution in [1.82, 2.24) is 0 Å². The quantitative estimate of drug-likeness (QED) is 0.872. The number of methoxy groups -OCH3 is 2. The van der Waals surface area contributed by atoms with Gasteiger partial charge in [0.2, 0.25) is 0 Å². The lowest BCUT2D eigenvalue weighted by Gasteiger charge is -2.46. The van der Waals surface area contributed by atoms with Gasteiger partial charge in [0, 0.05) is 5.54 Å². The highest BCUT2D eigenvalue weighted by atomic mass is 16.5. The van der Waals surface area contributed by atoms with Crippen molar-refractivity contribution in [2.75, 3.05) is 14.2 Å². The van der Waals surface area contributed by atoms with Gasteiger partial charge in [-0.25, -0.2) is 0 Å². The summed E-state index contributed by atoms with van der Waals surface area (Å²) in [4.78, 5) is 0. The van der Waals surface area contributed by atoms with Gasteiger partial charge in [-0.2, -0.15) is 0 Å². The van der Waals surface area contributed by atoms with Crippen molar-refractivity contribution >= 4 is 0 Å². The normalized spacial score (nSPS) is 23.0. The van der Waals surface area contributed by atoms with Gasteiger partial charge in [0.05, 0.1) is 14.2 Å². The van der Waals surface area contributed by atoms with E-state index in [1.54, 1.807) is 14.2 Å². The molecule has 2 fully saturated rings. The van der Waals surface area contributed by atoms with Crippen LogP contribution in [-0.4, -0.2) is 14.2 Å². The molecular weight excluding hydrogens is 214 g/mol. The zero-order chi connectivity index (χ0) is 12.1. The fourth-order valence-corrected chi connectivity index (χ4v) is 3.17. The fourth-order valence-electron chi connectivity index (χ4n) is 3.17. The molecule has 1 aromatic carbocycles. The van der Waals surface area contributed by atoms with Crippen molar-refractivity contribution in [3.63, 3.8) is 0 Å². The largest absolute Gasteiger partial charge is 0.493 e. The van der Waals surface area contributed by atoms with Crippen LogP contribution in [0.15, 0.2) is 18.2 Å². The van der Waals surface area contributed by atoms with Gasteiger partial charge in [-0.3, -0.25) is 0 Å². The molecule has 2 N–H and O–H groups in total. The van der Waals surface area contributed by atoms with Crippen molar-refractivity contribution in [1.29, 1.82) is 0 Å². The Kier molecular flexibility index (Phi) is 2.17. The molecule has 0 bridgehead atoms. The fraction of sp³-hybridized carbons (Fsp3) is 0.571. The Morgan fingerprint density at radius 3 is 2.24 bits per heavy atom. The Morgan fingerprint density at radius 1 is 1.06 bits per heavy atom. The van der Waals surface area contributed by atoms with Crippen molar-refractivity contribution in [3.05, 3.63) is 23.8 Å². The van der Waals surface area contributed by atoms with Crippen LogP contribution in [0.3, 0.4) is 0 Å². The highest BCUT2D eigenvalue weighted by Crippen LogP contribution is 2.67. The lowest BCUT2D eigenvalue weighted by molar-refractivity contribution is 0.124. The Hall–Kier alpha value is -1.22. The zero-order valence-electron chi connectivity index (χ0n) is 10.5. The van der Waals surface area contributed by atoms with E-state index in [-0.39, 0.29) is 5.54 Å². The first-order valence-electron chi connectivity index (χ1n) is 6.12. The van der Waals surface area contributed by atoms with Gasteiger partial charge >= 0.3 is 0 Å². The summed E-state index contributed by atoms with van der Waals surface area (Å²) in [6.07, 6.45) is 4.96. The summed E-state index contributed by atoms with van der Waals surface area (Å²) in [5.74, 6) is 1.53. The van der Waals surface area contributed by atoms with Gasteiger partial charge in [-0.05, 0) is 48.8 Å². The van der Waals surface area contributed by atoms with Gasteiger partial charge in [0.1, 0.15) is 0 Å². The van der Waals surface area contributed by atoms with E-state index in [1.165, 1.54) is 18.4 Å². The van der Waals surface area contributed by atoms with Crippen molar-refractivity contribution in [2.45, 2.75) is 31.2 Å². The number of hydrogen-bond acceptors (Lipinski definition) is 3. The van der Waals surface area contributed by atoms with E-state index in [0.29, 0.717) is 5.41 Å². The first kappa shape index (κ1) is 10.9. The lowest BCUT2D eigenvalue weighted by Crippen LogP contribution is -2.50. The molecule has 0 amide bonds. The average molecular weight is 233 g/mol. The molecule has 0 radical (unpaired) electrons. The van der Waals surface area contributed by atoms with E-state index in [4.69, 9.17) is 15.2 Å². The maximum absolute atomic E-state index is 6.46. The molecule has 0 unspecified atom stereocenters. The second-order valence-corrected chi connectivity index (χ2v) is 5.58. The second kappa shape index (κ2) is 3.39. The van der Waals surface area contributed by atoms with Crippen LogP contribution in [0, 0.1) is 5.41 Å². The third-order valence-corrected chi connectivity index (χ3v) is 4.30. The number of benzene rings is 1. The van der Waals surface area contributed by atoms with Gasteiger partial charge in [0.25, 0.3) is 0 Å². The summed E-state index contributed by atoms with van der Waals surface area (Å²) >= 11 is 0. The van der Waals surface area contributed by atoms with E-state index >= 15 is 0 Å². The summed E-state index contributed by atoms with van der Waals surface area (Å²) in [6, 6.07) is 6.03. The lowest BCUT2D eigenvalue weighted by atomic mass is 9.63. The Labute approximate surface area is 102 Å². The van der Waals surface area contributed by atoms with Gasteiger partial charge in [-0.15, -0.1) is 0 Å². The molecule has 17 heavy (non-hydrogen) atoms. The molecule has 0 saturated heterocycles. The van der Waals surface area contributed by atoms with Gasteiger partial charge < -0.3 is 15.2 Å². The minimum Gasteiger partial charge on any atom is -0.493 e. The third kappa shape index (κ3) is 1.61. The minimum absolute atomic E-state index is 0.143.